The van der Waals surface area contributed by atoms with E-state index < -0.39 is 34.1 Å². The van der Waals surface area contributed by atoms with E-state index in [9.17, 15) is 32.5 Å². The summed E-state index contributed by atoms with van der Waals surface area (Å²) >= 11 is 0. The number of carbonyl (C=O) groups excluding carboxylic acids is 1. The lowest BCUT2D eigenvalue weighted by Crippen LogP contribution is -2.36. The number of hydrogen-bond acceptors (Lipinski definition) is 6. The first kappa shape index (κ1) is 24.9. The molecule has 1 fully saturated rings. The Labute approximate surface area is 202 Å². The van der Waals surface area contributed by atoms with Crippen LogP contribution in [0.4, 0.5) is 34.6 Å². The van der Waals surface area contributed by atoms with Crippen molar-refractivity contribution in [1.82, 2.24) is 0 Å². The van der Waals surface area contributed by atoms with Gasteiger partial charge in [-0.05, 0) is 42.5 Å². The SMILES string of the molecule is O=C(Nc1cc(C(F)(F)F)ccc1Oc1ccccc1F)c1ccc(N2CCOCC2)c([N+](=O)[O-])c1. The number of nitrogens with one attached hydrogen (secondary N) is 1. The topological polar surface area (TPSA) is 93.9 Å². The maximum atomic E-state index is 14.0. The third kappa shape index (κ3) is 5.54. The number of benzene rings is 3. The van der Waals surface area contributed by atoms with Gasteiger partial charge in [-0.1, -0.05) is 12.1 Å². The predicted octanol–water partition coefficient (Wildman–Crippen LogP) is 5.63. The monoisotopic (exact) mass is 505 g/mol. The Bertz CT molecular complexity index is 1290. The Kier molecular flexibility index (Phi) is 7.06. The summed E-state index contributed by atoms with van der Waals surface area (Å²) in [7, 11) is 0. The fourth-order valence-corrected chi connectivity index (χ4v) is 3.62. The fourth-order valence-electron chi connectivity index (χ4n) is 3.62. The Balaban J connectivity index is 1.66. The van der Waals surface area contributed by atoms with Crippen molar-refractivity contribution in [2.24, 2.45) is 0 Å². The molecule has 12 heteroatoms. The maximum Gasteiger partial charge on any atom is 0.416 e. The van der Waals surface area contributed by atoms with Crippen LogP contribution in [0, 0.1) is 15.9 Å². The molecule has 3 aromatic carbocycles. The summed E-state index contributed by atoms with van der Waals surface area (Å²) < 4.78 is 64.7. The van der Waals surface area contributed by atoms with Crippen LogP contribution in [-0.2, 0) is 10.9 Å². The van der Waals surface area contributed by atoms with E-state index in [1.54, 1.807) is 4.90 Å². The quantitative estimate of drug-likeness (QED) is 0.265. The molecule has 1 saturated heterocycles. The average Bonchev–Trinajstić information content (AvgIpc) is 2.85. The van der Waals surface area contributed by atoms with Crippen molar-refractivity contribution in [3.63, 3.8) is 0 Å². The number of alkyl halides is 3. The van der Waals surface area contributed by atoms with Gasteiger partial charge in [0.05, 0.1) is 29.4 Å². The largest absolute Gasteiger partial charge is 0.452 e. The minimum Gasteiger partial charge on any atom is -0.452 e. The molecule has 4 rings (SSSR count). The first-order valence-electron chi connectivity index (χ1n) is 10.7. The van der Waals surface area contributed by atoms with Gasteiger partial charge >= 0.3 is 6.18 Å². The number of halogens is 4. The van der Waals surface area contributed by atoms with Crippen molar-refractivity contribution in [2.45, 2.75) is 6.18 Å². The molecule has 0 aliphatic carbocycles. The number of nitrogens with zero attached hydrogens (tertiary/aromatic N) is 2. The standard InChI is InChI=1S/C24H19F4N3O5/c25-17-3-1-2-4-21(17)36-22-8-6-16(24(26,27)28)14-18(22)29-23(32)15-5-7-19(20(13-15)31(33)34)30-9-11-35-12-10-30/h1-8,13-14H,9-12H2,(H,29,32). The molecule has 0 saturated carbocycles. The van der Waals surface area contributed by atoms with Gasteiger partial charge in [0.25, 0.3) is 11.6 Å². The summed E-state index contributed by atoms with van der Waals surface area (Å²) in [6.45, 7) is 1.63. The number of nitro groups is 1. The predicted molar refractivity (Wildman–Crippen MR) is 122 cm³/mol. The Hall–Kier alpha value is -4.19. The van der Waals surface area contributed by atoms with Crippen LogP contribution in [0.15, 0.2) is 60.7 Å². The normalized spacial score (nSPS) is 13.8. The Morgan fingerprint density at radius 3 is 2.42 bits per heavy atom. The lowest BCUT2D eigenvalue weighted by molar-refractivity contribution is -0.384. The first-order valence-corrected chi connectivity index (χ1v) is 10.7. The average molecular weight is 505 g/mol. The van der Waals surface area contributed by atoms with E-state index in [1.807, 2.05) is 0 Å². The highest BCUT2D eigenvalue weighted by molar-refractivity contribution is 6.06. The zero-order valence-corrected chi connectivity index (χ0v) is 18.5. The molecule has 1 amide bonds. The van der Waals surface area contributed by atoms with Crippen molar-refractivity contribution >= 4 is 23.0 Å². The van der Waals surface area contributed by atoms with E-state index in [1.165, 1.54) is 30.3 Å². The second-order valence-electron chi connectivity index (χ2n) is 7.76. The molecule has 1 aliphatic heterocycles. The van der Waals surface area contributed by atoms with E-state index >= 15 is 0 Å². The van der Waals surface area contributed by atoms with Gasteiger partial charge in [0.2, 0.25) is 0 Å². The first-order chi connectivity index (χ1) is 17.1. The molecule has 0 radical (unpaired) electrons. The van der Waals surface area contributed by atoms with Crippen LogP contribution >= 0.6 is 0 Å². The van der Waals surface area contributed by atoms with E-state index in [4.69, 9.17) is 9.47 Å². The van der Waals surface area contributed by atoms with Gasteiger partial charge in [-0.3, -0.25) is 14.9 Å². The number of nitro benzene ring substituents is 1. The van der Waals surface area contributed by atoms with Crippen LogP contribution in [0.3, 0.4) is 0 Å². The summed E-state index contributed by atoms with van der Waals surface area (Å²) in [5.41, 5.74) is -1.67. The third-order valence-corrected chi connectivity index (χ3v) is 5.40. The van der Waals surface area contributed by atoms with Crippen LogP contribution in [-0.4, -0.2) is 37.1 Å². The van der Waals surface area contributed by atoms with Crippen molar-refractivity contribution < 1.29 is 36.8 Å². The molecule has 1 heterocycles. The molecule has 1 aliphatic rings. The van der Waals surface area contributed by atoms with E-state index in [0.717, 1.165) is 24.3 Å². The summed E-state index contributed by atoms with van der Waals surface area (Å²) in [6, 6.07) is 11.4. The Morgan fingerprint density at radius 1 is 1.03 bits per heavy atom. The summed E-state index contributed by atoms with van der Waals surface area (Å²) in [4.78, 5) is 25.7. The number of rotatable bonds is 6. The van der Waals surface area contributed by atoms with Gasteiger partial charge in [0.1, 0.15) is 5.69 Å². The molecule has 0 atom stereocenters. The molecule has 188 valence electrons. The smallest absolute Gasteiger partial charge is 0.416 e. The minimum atomic E-state index is -4.73. The number of anilines is 2. The van der Waals surface area contributed by atoms with Gasteiger partial charge in [0, 0.05) is 24.7 Å². The van der Waals surface area contributed by atoms with E-state index in [0.29, 0.717) is 38.1 Å². The van der Waals surface area contributed by atoms with Crippen molar-refractivity contribution in [3.8, 4) is 11.5 Å². The van der Waals surface area contributed by atoms with Gasteiger partial charge in [-0.15, -0.1) is 0 Å². The third-order valence-electron chi connectivity index (χ3n) is 5.40. The number of ether oxygens (including phenoxy) is 2. The number of carbonyl (C=O) groups is 1. The number of morpholine rings is 1. The maximum absolute atomic E-state index is 14.0. The summed E-state index contributed by atoms with van der Waals surface area (Å²) in [6.07, 6.45) is -4.73. The summed E-state index contributed by atoms with van der Waals surface area (Å²) in [5.74, 6) is -2.19. The molecule has 0 unspecified atom stereocenters. The van der Waals surface area contributed by atoms with Crippen molar-refractivity contribution in [2.75, 3.05) is 36.5 Å². The molecule has 1 N–H and O–H groups in total. The van der Waals surface area contributed by atoms with Crippen LogP contribution < -0.4 is 15.0 Å². The van der Waals surface area contributed by atoms with Crippen LogP contribution in [0.1, 0.15) is 15.9 Å². The molecule has 3 aromatic rings. The highest BCUT2D eigenvalue weighted by atomic mass is 19.4. The van der Waals surface area contributed by atoms with Crippen molar-refractivity contribution in [1.29, 1.82) is 0 Å². The second-order valence-corrected chi connectivity index (χ2v) is 7.76. The van der Waals surface area contributed by atoms with Crippen LogP contribution in [0.25, 0.3) is 0 Å². The van der Waals surface area contributed by atoms with Gasteiger partial charge < -0.3 is 19.7 Å². The molecule has 0 bridgehead atoms. The van der Waals surface area contributed by atoms with E-state index in [-0.39, 0.29) is 22.7 Å². The van der Waals surface area contributed by atoms with Gasteiger partial charge in [0.15, 0.2) is 17.3 Å². The van der Waals surface area contributed by atoms with E-state index in [2.05, 4.69) is 5.32 Å². The molecular formula is C24H19F4N3O5. The van der Waals surface area contributed by atoms with Crippen molar-refractivity contribution in [3.05, 3.63) is 87.7 Å². The lowest BCUT2D eigenvalue weighted by atomic mass is 10.1. The number of amides is 1. The zero-order valence-electron chi connectivity index (χ0n) is 18.5. The highest BCUT2D eigenvalue weighted by Crippen LogP contribution is 2.38. The summed E-state index contributed by atoms with van der Waals surface area (Å²) in [5, 5.41) is 14.0. The lowest BCUT2D eigenvalue weighted by Gasteiger charge is -2.28. The molecule has 0 spiro atoms. The zero-order chi connectivity index (χ0) is 25.9. The number of para-hydroxylation sites is 1. The van der Waals surface area contributed by atoms with Gasteiger partial charge in [-0.2, -0.15) is 13.2 Å². The fraction of sp³-hybridized carbons (Fsp3) is 0.208. The Morgan fingerprint density at radius 2 is 1.75 bits per heavy atom. The second kappa shape index (κ2) is 10.2. The minimum absolute atomic E-state index is 0.159. The highest BCUT2D eigenvalue weighted by Gasteiger charge is 2.32. The molecular weight excluding hydrogens is 486 g/mol. The van der Waals surface area contributed by atoms with Crippen LogP contribution in [0.2, 0.25) is 0 Å². The van der Waals surface area contributed by atoms with Gasteiger partial charge in [-0.25, -0.2) is 4.39 Å². The molecule has 0 aromatic heterocycles. The molecule has 8 nitrogen and oxygen atoms in total. The molecule has 36 heavy (non-hydrogen) atoms. The van der Waals surface area contributed by atoms with Crippen LogP contribution in [0.5, 0.6) is 11.5 Å². The number of hydrogen-bond donors (Lipinski definition) is 1.